The van der Waals surface area contributed by atoms with Crippen LogP contribution in [0.15, 0.2) is 69.9 Å². The van der Waals surface area contributed by atoms with Crippen LogP contribution in [-0.4, -0.2) is 19.6 Å². The number of methoxy groups -OCH3 is 1. The third kappa shape index (κ3) is 6.03. The number of hydrogen-bond acceptors (Lipinski definition) is 6. The Morgan fingerprint density at radius 1 is 0.919 bits per heavy atom. The average Bonchev–Trinajstić information content (AvgIpc) is 2.83. The highest BCUT2D eigenvalue weighted by Gasteiger charge is 2.40. The third-order valence-corrected chi connectivity index (χ3v) is 5.24. The number of ether oxygens (including phenoxy) is 3. The van der Waals surface area contributed by atoms with E-state index in [1.165, 1.54) is 31.4 Å². The van der Waals surface area contributed by atoms with Gasteiger partial charge in [-0.25, -0.2) is 0 Å². The van der Waals surface area contributed by atoms with Gasteiger partial charge in [0.2, 0.25) is 11.2 Å². The molecule has 1 amide bonds. The molecule has 0 bridgehead atoms. The Hall–Kier alpha value is -4.47. The van der Waals surface area contributed by atoms with Crippen molar-refractivity contribution in [2.75, 3.05) is 19.0 Å². The van der Waals surface area contributed by atoms with E-state index in [4.69, 9.17) is 18.6 Å². The first-order valence-corrected chi connectivity index (χ1v) is 11.0. The predicted molar refractivity (Wildman–Crippen MR) is 131 cm³/mol. The second-order valence-corrected chi connectivity index (χ2v) is 8.24. The number of fused-ring (bicyclic) bond motifs is 1. The van der Waals surface area contributed by atoms with Gasteiger partial charge in [-0.15, -0.1) is 0 Å². The lowest BCUT2D eigenvalue weighted by Gasteiger charge is -2.14. The Morgan fingerprint density at radius 3 is 2.19 bits per heavy atom. The van der Waals surface area contributed by atoms with Crippen LogP contribution in [0.3, 0.4) is 0 Å². The van der Waals surface area contributed by atoms with Crippen molar-refractivity contribution in [2.45, 2.75) is 20.0 Å². The molecule has 1 aromatic heterocycles. The zero-order chi connectivity index (χ0) is 26.7. The van der Waals surface area contributed by atoms with E-state index in [9.17, 15) is 22.8 Å². The van der Waals surface area contributed by atoms with Crippen molar-refractivity contribution in [1.29, 1.82) is 0 Å². The minimum atomic E-state index is -5.00. The normalized spacial score (nSPS) is 11.3. The van der Waals surface area contributed by atoms with Gasteiger partial charge in [-0.2, -0.15) is 13.2 Å². The molecule has 4 rings (SSSR count). The molecule has 0 unspecified atom stereocenters. The van der Waals surface area contributed by atoms with Crippen LogP contribution in [0.1, 0.15) is 16.9 Å². The van der Waals surface area contributed by atoms with Crippen molar-refractivity contribution in [2.24, 2.45) is 0 Å². The van der Waals surface area contributed by atoms with Crippen LogP contribution in [0.25, 0.3) is 11.0 Å². The maximum Gasteiger partial charge on any atom is 0.453 e. The summed E-state index contributed by atoms with van der Waals surface area (Å²) in [7, 11) is 1.52. The summed E-state index contributed by atoms with van der Waals surface area (Å²) < 4.78 is 62.4. The lowest BCUT2D eigenvalue weighted by molar-refractivity contribution is -0.154. The molecule has 0 saturated carbocycles. The summed E-state index contributed by atoms with van der Waals surface area (Å²) in [6, 6.07) is 15.2. The van der Waals surface area contributed by atoms with Crippen LogP contribution in [0.4, 0.5) is 18.9 Å². The second kappa shape index (κ2) is 10.3. The molecule has 10 heteroatoms. The number of anilines is 1. The number of amides is 1. The van der Waals surface area contributed by atoms with E-state index in [-0.39, 0.29) is 22.5 Å². The lowest BCUT2D eigenvalue weighted by Crippen LogP contribution is -2.20. The minimum Gasteiger partial charge on any atom is -0.497 e. The average molecular weight is 513 g/mol. The summed E-state index contributed by atoms with van der Waals surface area (Å²) in [5.74, 6) is -2.29. The van der Waals surface area contributed by atoms with E-state index in [1.807, 2.05) is 6.07 Å². The summed E-state index contributed by atoms with van der Waals surface area (Å²) in [5.41, 5.74) is 0.665. The predicted octanol–water partition coefficient (Wildman–Crippen LogP) is 6.25. The molecule has 0 radical (unpaired) electrons. The van der Waals surface area contributed by atoms with Crippen LogP contribution in [0.2, 0.25) is 0 Å². The molecular formula is C27H22F3NO6. The molecule has 192 valence electrons. The van der Waals surface area contributed by atoms with Gasteiger partial charge in [0.25, 0.3) is 11.7 Å². The fourth-order valence-corrected chi connectivity index (χ4v) is 3.66. The highest BCUT2D eigenvalue weighted by molar-refractivity contribution is 5.92. The molecule has 0 aliphatic carbocycles. The lowest BCUT2D eigenvalue weighted by atomic mass is 10.1. The Balaban J connectivity index is 1.59. The van der Waals surface area contributed by atoms with Gasteiger partial charge in [-0.3, -0.25) is 9.59 Å². The van der Waals surface area contributed by atoms with Gasteiger partial charge in [-0.1, -0.05) is 6.07 Å². The van der Waals surface area contributed by atoms with Gasteiger partial charge in [0.1, 0.15) is 22.8 Å². The summed E-state index contributed by atoms with van der Waals surface area (Å²) in [4.78, 5) is 25.2. The van der Waals surface area contributed by atoms with Crippen molar-refractivity contribution in [3.05, 3.63) is 87.8 Å². The molecule has 0 aliphatic rings. The van der Waals surface area contributed by atoms with E-state index < -0.39 is 35.6 Å². The summed E-state index contributed by atoms with van der Waals surface area (Å²) in [5, 5.41) is 2.48. The Kier molecular flexibility index (Phi) is 7.10. The quantitative estimate of drug-likeness (QED) is 0.315. The Bertz CT molecular complexity index is 1490. The molecular weight excluding hydrogens is 491 g/mol. The smallest absolute Gasteiger partial charge is 0.453 e. The van der Waals surface area contributed by atoms with Crippen LogP contribution < -0.4 is 25.0 Å². The van der Waals surface area contributed by atoms with E-state index in [0.29, 0.717) is 11.4 Å². The molecule has 7 nitrogen and oxygen atoms in total. The van der Waals surface area contributed by atoms with Crippen LogP contribution in [-0.2, 0) is 11.0 Å². The maximum absolute atomic E-state index is 13.8. The summed E-state index contributed by atoms with van der Waals surface area (Å²) in [6.45, 7) is 3.08. The maximum atomic E-state index is 13.8. The van der Waals surface area contributed by atoms with E-state index in [2.05, 4.69) is 5.32 Å². The molecule has 4 aromatic rings. The Labute approximate surface area is 209 Å². The highest BCUT2D eigenvalue weighted by atomic mass is 19.4. The van der Waals surface area contributed by atoms with Crippen molar-refractivity contribution in [3.63, 3.8) is 0 Å². The van der Waals surface area contributed by atoms with E-state index in [1.54, 1.807) is 38.1 Å². The van der Waals surface area contributed by atoms with Gasteiger partial charge in [0.05, 0.1) is 12.5 Å². The molecule has 1 N–H and O–H groups in total. The van der Waals surface area contributed by atoms with Crippen LogP contribution >= 0.6 is 0 Å². The molecule has 0 atom stereocenters. The molecule has 0 aliphatic heterocycles. The number of rotatable bonds is 7. The molecule has 0 fully saturated rings. The standard InChI is InChI=1S/C27H22F3NO6/c1-15-10-16(2)12-20(11-15)36-25-24(33)21-9-8-19(13-22(21)37-26(25)27(28,29)30)35-14-23(32)31-17-4-6-18(34-3)7-5-17/h4-13H,14H2,1-3H3,(H,31,32). The third-order valence-electron chi connectivity index (χ3n) is 5.24. The SMILES string of the molecule is COc1ccc(NC(=O)COc2ccc3c(=O)c(Oc4cc(C)cc(C)c4)c(C(F)(F)F)oc3c2)cc1. The van der Waals surface area contributed by atoms with E-state index >= 15 is 0 Å². The molecule has 0 saturated heterocycles. The topological polar surface area (TPSA) is 87.0 Å². The number of hydrogen-bond donors (Lipinski definition) is 1. The monoisotopic (exact) mass is 513 g/mol. The minimum absolute atomic E-state index is 0.0385. The van der Waals surface area contributed by atoms with E-state index in [0.717, 1.165) is 17.2 Å². The number of benzene rings is 3. The first-order chi connectivity index (χ1) is 17.5. The molecule has 1 heterocycles. The zero-order valence-electron chi connectivity index (χ0n) is 20.1. The van der Waals surface area contributed by atoms with Crippen molar-refractivity contribution < 1.29 is 36.6 Å². The van der Waals surface area contributed by atoms with Gasteiger partial charge in [-0.05, 0) is 73.5 Å². The number of aryl methyl sites for hydroxylation is 2. The van der Waals surface area contributed by atoms with Gasteiger partial charge in [0, 0.05) is 11.8 Å². The van der Waals surface area contributed by atoms with Crippen molar-refractivity contribution in [1.82, 2.24) is 0 Å². The fraction of sp³-hybridized carbons (Fsp3) is 0.185. The van der Waals surface area contributed by atoms with Crippen LogP contribution in [0, 0.1) is 13.8 Å². The number of carbonyl (C=O) groups is 1. The van der Waals surface area contributed by atoms with Crippen molar-refractivity contribution >= 4 is 22.6 Å². The molecule has 3 aromatic carbocycles. The second-order valence-electron chi connectivity index (χ2n) is 8.24. The Morgan fingerprint density at radius 2 is 1.57 bits per heavy atom. The highest BCUT2D eigenvalue weighted by Crippen LogP contribution is 2.39. The zero-order valence-corrected chi connectivity index (χ0v) is 20.1. The van der Waals surface area contributed by atoms with Crippen LogP contribution in [0.5, 0.6) is 23.0 Å². The summed E-state index contributed by atoms with van der Waals surface area (Å²) >= 11 is 0. The first-order valence-electron chi connectivity index (χ1n) is 11.0. The van der Waals surface area contributed by atoms with Gasteiger partial charge < -0.3 is 23.9 Å². The van der Waals surface area contributed by atoms with Gasteiger partial charge in [0.15, 0.2) is 6.61 Å². The molecule has 37 heavy (non-hydrogen) atoms. The number of halogens is 3. The number of nitrogens with one attached hydrogen (secondary N) is 1. The number of alkyl halides is 3. The van der Waals surface area contributed by atoms with Crippen molar-refractivity contribution in [3.8, 4) is 23.0 Å². The summed E-state index contributed by atoms with van der Waals surface area (Å²) in [6.07, 6.45) is -5.00. The first kappa shape index (κ1) is 25.6. The largest absolute Gasteiger partial charge is 0.497 e. The fourth-order valence-electron chi connectivity index (χ4n) is 3.66. The van der Waals surface area contributed by atoms with Gasteiger partial charge >= 0.3 is 6.18 Å². The molecule has 0 spiro atoms. The number of carbonyl (C=O) groups excluding carboxylic acids is 1.